The number of aromatic nitrogens is 2. The third-order valence-corrected chi connectivity index (χ3v) is 3.43. The van der Waals surface area contributed by atoms with Crippen LogP contribution in [0.25, 0.3) is 0 Å². The summed E-state index contributed by atoms with van der Waals surface area (Å²) in [7, 11) is 0. The van der Waals surface area contributed by atoms with Crippen LogP contribution in [0.4, 0.5) is 4.39 Å². The summed E-state index contributed by atoms with van der Waals surface area (Å²) in [6, 6.07) is 6.24. The van der Waals surface area contributed by atoms with Crippen LogP contribution < -0.4 is 0 Å². The molecular weight excluding hydrogens is 233 g/mol. The van der Waals surface area contributed by atoms with Crippen molar-refractivity contribution in [2.75, 3.05) is 0 Å². The molecule has 6 heteroatoms. The van der Waals surface area contributed by atoms with Gasteiger partial charge in [0.25, 0.3) is 0 Å². The molecule has 74 valence electrons. The molecule has 15 heavy (non-hydrogen) atoms. The number of nitriles is 1. The van der Waals surface area contributed by atoms with Gasteiger partial charge >= 0.3 is 0 Å². The van der Waals surface area contributed by atoms with Crippen LogP contribution in [0.2, 0.25) is 0 Å². The van der Waals surface area contributed by atoms with Gasteiger partial charge in [-0.1, -0.05) is 23.1 Å². The van der Waals surface area contributed by atoms with Gasteiger partial charge in [-0.15, -0.1) is 10.2 Å². The van der Waals surface area contributed by atoms with E-state index in [-0.39, 0.29) is 0 Å². The van der Waals surface area contributed by atoms with Crippen LogP contribution in [0.15, 0.2) is 32.9 Å². The fourth-order valence-corrected chi connectivity index (χ4v) is 2.39. The van der Waals surface area contributed by atoms with E-state index in [1.165, 1.54) is 29.2 Å². The van der Waals surface area contributed by atoms with Crippen LogP contribution in [-0.4, -0.2) is 10.2 Å². The monoisotopic (exact) mass is 237 g/mol. The van der Waals surface area contributed by atoms with E-state index in [0.29, 0.717) is 14.8 Å². The first-order valence-electron chi connectivity index (χ1n) is 3.93. The molecule has 0 fully saturated rings. The van der Waals surface area contributed by atoms with Crippen molar-refractivity contribution in [3.05, 3.63) is 35.1 Å². The zero-order valence-corrected chi connectivity index (χ0v) is 8.98. The predicted molar refractivity (Wildman–Crippen MR) is 55.1 cm³/mol. The Hall–Kier alpha value is -1.45. The fourth-order valence-electron chi connectivity index (χ4n) is 0.955. The molecule has 0 N–H and O–H groups in total. The molecule has 2 rings (SSSR count). The summed E-state index contributed by atoms with van der Waals surface area (Å²) in [4.78, 5) is 0.450. The quantitative estimate of drug-likeness (QED) is 0.805. The van der Waals surface area contributed by atoms with E-state index in [1.807, 2.05) is 6.07 Å². The second-order valence-corrected chi connectivity index (χ2v) is 4.69. The highest BCUT2D eigenvalue weighted by atomic mass is 32.2. The van der Waals surface area contributed by atoms with Crippen molar-refractivity contribution in [1.82, 2.24) is 10.2 Å². The first-order valence-corrected chi connectivity index (χ1v) is 5.63. The topological polar surface area (TPSA) is 49.6 Å². The Morgan fingerprint density at radius 2 is 2.33 bits per heavy atom. The Balaban J connectivity index is 2.27. The molecule has 3 nitrogen and oxygen atoms in total. The third-order valence-electron chi connectivity index (χ3n) is 1.60. The number of benzene rings is 1. The van der Waals surface area contributed by atoms with E-state index in [9.17, 15) is 4.39 Å². The van der Waals surface area contributed by atoms with Crippen molar-refractivity contribution < 1.29 is 4.39 Å². The lowest BCUT2D eigenvalue weighted by molar-refractivity contribution is 0.601. The van der Waals surface area contributed by atoms with Crippen molar-refractivity contribution in [2.24, 2.45) is 0 Å². The van der Waals surface area contributed by atoms with E-state index in [4.69, 9.17) is 5.26 Å². The van der Waals surface area contributed by atoms with Crippen LogP contribution in [0.5, 0.6) is 0 Å². The second-order valence-electron chi connectivity index (χ2n) is 2.56. The molecule has 0 saturated carbocycles. The molecule has 0 spiro atoms. The number of hydrogen-bond acceptors (Lipinski definition) is 5. The molecule has 0 saturated heterocycles. The molecular formula is C9H4FN3S2. The van der Waals surface area contributed by atoms with Crippen LogP contribution in [0, 0.1) is 17.1 Å². The second kappa shape index (κ2) is 4.38. The van der Waals surface area contributed by atoms with Crippen molar-refractivity contribution >= 4 is 23.1 Å². The van der Waals surface area contributed by atoms with Crippen LogP contribution in [0.3, 0.4) is 0 Å². The number of nitrogens with zero attached hydrogens (tertiary/aromatic N) is 3. The van der Waals surface area contributed by atoms with E-state index in [1.54, 1.807) is 17.6 Å². The lowest BCUT2D eigenvalue weighted by Gasteiger charge is -1.99. The maximum Gasteiger partial charge on any atom is 0.178 e. The van der Waals surface area contributed by atoms with Gasteiger partial charge < -0.3 is 0 Å². The first-order chi connectivity index (χ1) is 7.29. The normalized spacial score (nSPS) is 9.87. The molecule has 0 bridgehead atoms. The zero-order chi connectivity index (χ0) is 10.7. The number of rotatable bonds is 2. The maximum absolute atomic E-state index is 13.4. The lowest BCUT2D eigenvalue weighted by Crippen LogP contribution is -1.83. The highest BCUT2D eigenvalue weighted by molar-refractivity contribution is 8.01. The van der Waals surface area contributed by atoms with Gasteiger partial charge in [0, 0.05) is 0 Å². The molecule has 2 aromatic rings. The van der Waals surface area contributed by atoms with E-state index < -0.39 is 5.82 Å². The molecule has 0 unspecified atom stereocenters. The molecule has 0 aliphatic carbocycles. The minimum absolute atomic E-state index is 0.314. The van der Waals surface area contributed by atoms with Crippen LogP contribution >= 0.6 is 23.1 Å². The summed E-state index contributed by atoms with van der Waals surface area (Å²) < 4.78 is 14.1. The van der Waals surface area contributed by atoms with Gasteiger partial charge in [-0.25, -0.2) is 4.39 Å². The van der Waals surface area contributed by atoms with Gasteiger partial charge in [0.15, 0.2) is 4.34 Å². The van der Waals surface area contributed by atoms with E-state index >= 15 is 0 Å². The van der Waals surface area contributed by atoms with Gasteiger partial charge in [0.2, 0.25) is 0 Å². The summed E-state index contributed by atoms with van der Waals surface area (Å²) >= 11 is 2.55. The Morgan fingerprint density at radius 3 is 2.93 bits per heavy atom. The predicted octanol–water partition coefficient (Wildman–Crippen LogP) is 2.70. The highest BCUT2D eigenvalue weighted by Crippen LogP contribution is 2.30. The minimum atomic E-state index is -0.408. The van der Waals surface area contributed by atoms with E-state index in [0.717, 1.165) is 0 Å². The molecule has 1 aromatic heterocycles. The SMILES string of the molecule is N#Cc1ccc(Sc2nncs2)c(F)c1. The van der Waals surface area contributed by atoms with Crippen LogP contribution in [-0.2, 0) is 0 Å². The van der Waals surface area contributed by atoms with Crippen molar-refractivity contribution in [3.63, 3.8) is 0 Å². The van der Waals surface area contributed by atoms with Gasteiger partial charge in [0.05, 0.1) is 16.5 Å². The van der Waals surface area contributed by atoms with Crippen molar-refractivity contribution in [2.45, 2.75) is 9.24 Å². The van der Waals surface area contributed by atoms with Crippen molar-refractivity contribution in [1.29, 1.82) is 5.26 Å². The molecule has 0 aliphatic rings. The maximum atomic E-state index is 13.4. The Bertz CT molecular complexity index is 505. The highest BCUT2D eigenvalue weighted by Gasteiger charge is 2.07. The fraction of sp³-hybridized carbons (Fsp3) is 0. The molecule has 0 radical (unpaired) electrons. The average Bonchev–Trinajstić information content (AvgIpc) is 2.74. The summed E-state index contributed by atoms with van der Waals surface area (Å²) in [6.45, 7) is 0. The smallest absolute Gasteiger partial charge is 0.178 e. The minimum Gasteiger partial charge on any atom is -0.206 e. The molecule has 1 aromatic carbocycles. The first kappa shape index (κ1) is 10.1. The van der Waals surface area contributed by atoms with Gasteiger partial charge in [0.1, 0.15) is 11.3 Å². The number of hydrogen-bond donors (Lipinski definition) is 0. The number of halogens is 1. The summed E-state index contributed by atoms with van der Waals surface area (Å²) in [5.74, 6) is -0.408. The van der Waals surface area contributed by atoms with Crippen molar-refractivity contribution in [3.8, 4) is 6.07 Å². The van der Waals surface area contributed by atoms with Gasteiger partial charge in [-0.05, 0) is 18.2 Å². The third kappa shape index (κ3) is 2.32. The standard InChI is InChI=1S/C9H4FN3S2/c10-7-3-6(4-11)1-2-8(7)15-9-13-12-5-14-9/h1-3,5H. The van der Waals surface area contributed by atoms with Crippen LogP contribution in [0.1, 0.15) is 5.56 Å². The summed E-state index contributed by atoms with van der Waals surface area (Å²) in [5.41, 5.74) is 1.90. The average molecular weight is 237 g/mol. The molecule has 0 aliphatic heterocycles. The Kier molecular flexibility index (Phi) is 2.94. The summed E-state index contributed by atoms with van der Waals surface area (Å²) in [6.07, 6.45) is 0. The summed E-state index contributed by atoms with van der Waals surface area (Å²) in [5, 5.41) is 16.0. The zero-order valence-electron chi connectivity index (χ0n) is 7.35. The van der Waals surface area contributed by atoms with Gasteiger partial charge in [-0.2, -0.15) is 5.26 Å². The lowest BCUT2D eigenvalue weighted by atomic mass is 10.2. The van der Waals surface area contributed by atoms with E-state index in [2.05, 4.69) is 10.2 Å². The van der Waals surface area contributed by atoms with Gasteiger partial charge in [-0.3, -0.25) is 0 Å². The molecule has 0 atom stereocenters. The largest absolute Gasteiger partial charge is 0.206 e. The Labute approximate surface area is 93.6 Å². The molecule has 0 amide bonds. The molecule has 1 heterocycles. The Morgan fingerprint density at radius 1 is 1.47 bits per heavy atom.